The number of thiophene rings is 1. The van der Waals surface area contributed by atoms with Crippen LogP contribution in [0.4, 0.5) is 5.69 Å². The standard InChI is InChI=1S/C16H17NO2S/c1-11-13(9-15(20-11)16(18)19)10-17-8-4-6-12-5-2-3-7-14(12)17/h2-3,5,7,9H,4,6,8,10H2,1H3,(H,18,19). The Morgan fingerprint density at radius 3 is 2.95 bits per heavy atom. The van der Waals surface area contributed by atoms with Gasteiger partial charge in [-0.1, -0.05) is 18.2 Å². The van der Waals surface area contributed by atoms with Crippen molar-refractivity contribution in [2.24, 2.45) is 0 Å². The van der Waals surface area contributed by atoms with Crippen LogP contribution in [0.15, 0.2) is 30.3 Å². The minimum absolute atomic E-state index is 0.433. The fourth-order valence-corrected chi connectivity index (χ4v) is 3.64. The SMILES string of the molecule is Cc1sc(C(=O)O)cc1CN1CCCc2ccccc21. The van der Waals surface area contributed by atoms with Crippen LogP contribution >= 0.6 is 11.3 Å². The van der Waals surface area contributed by atoms with Gasteiger partial charge in [0.1, 0.15) is 4.88 Å². The molecule has 4 heteroatoms. The summed E-state index contributed by atoms with van der Waals surface area (Å²) in [4.78, 5) is 14.9. The van der Waals surface area contributed by atoms with Crippen LogP contribution in [-0.2, 0) is 13.0 Å². The zero-order valence-electron chi connectivity index (χ0n) is 11.4. The van der Waals surface area contributed by atoms with Crippen LogP contribution in [0.5, 0.6) is 0 Å². The summed E-state index contributed by atoms with van der Waals surface area (Å²) in [5.74, 6) is -0.830. The van der Waals surface area contributed by atoms with Crippen molar-refractivity contribution in [2.75, 3.05) is 11.4 Å². The maximum absolute atomic E-state index is 11.1. The van der Waals surface area contributed by atoms with E-state index in [1.807, 2.05) is 13.0 Å². The second-order valence-electron chi connectivity index (χ2n) is 5.15. The number of hydrogen-bond donors (Lipinski definition) is 1. The molecule has 0 amide bonds. The first-order valence-electron chi connectivity index (χ1n) is 6.80. The number of carbonyl (C=O) groups is 1. The number of carboxylic acid groups (broad SMARTS) is 1. The van der Waals surface area contributed by atoms with E-state index in [0.29, 0.717) is 4.88 Å². The summed E-state index contributed by atoms with van der Waals surface area (Å²) >= 11 is 1.37. The molecule has 0 saturated carbocycles. The van der Waals surface area contributed by atoms with Gasteiger partial charge in [-0.3, -0.25) is 0 Å². The van der Waals surface area contributed by atoms with E-state index in [4.69, 9.17) is 5.11 Å². The lowest BCUT2D eigenvalue weighted by atomic mass is 10.0. The van der Waals surface area contributed by atoms with Gasteiger partial charge in [0, 0.05) is 23.7 Å². The van der Waals surface area contributed by atoms with Crippen LogP contribution in [0.2, 0.25) is 0 Å². The Kier molecular flexibility index (Phi) is 3.49. The number of carboxylic acids is 1. The first-order chi connectivity index (χ1) is 9.65. The molecule has 3 rings (SSSR count). The van der Waals surface area contributed by atoms with Crippen molar-refractivity contribution in [3.05, 3.63) is 51.2 Å². The number of aromatic carboxylic acids is 1. The van der Waals surface area contributed by atoms with E-state index in [-0.39, 0.29) is 0 Å². The fraction of sp³-hybridized carbons (Fsp3) is 0.312. The second-order valence-corrected chi connectivity index (χ2v) is 6.41. The molecule has 1 aromatic heterocycles. The molecule has 2 aromatic rings. The molecule has 1 aromatic carbocycles. The third-order valence-electron chi connectivity index (χ3n) is 3.80. The minimum Gasteiger partial charge on any atom is -0.477 e. The van der Waals surface area contributed by atoms with E-state index in [9.17, 15) is 4.79 Å². The van der Waals surface area contributed by atoms with Gasteiger partial charge in [-0.25, -0.2) is 4.79 Å². The van der Waals surface area contributed by atoms with Crippen LogP contribution in [0.3, 0.4) is 0 Å². The zero-order chi connectivity index (χ0) is 14.1. The molecule has 2 heterocycles. The Morgan fingerprint density at radius 2 is 2.20 bits per heavy atom. The van der Waals surface area contributed by atoms with E-state index < -0.39 is 5.97 Å². The average molecular weight is 287 g/mol. The Labute approximate surface area is 122 Å². The fourth-order valence-electron chi connectivity index (χ4n) is 2.76. The summed E-state index contributed by atoms with van der Waals surface area (Å²) in [7, 11) is 0. The van der Waals surface area contributed by atoms with Crippen LogP contribution in [-0.4, -0.2) is 17.6 Å². The van der Waals surface area contributed by atoms with Gasteiger partial charge in [0.05, 0.1) is 0 Å². The van der Waals surface area contributed by atoms with Crippen LogP contribution in [0.25, 0.3) is 0 Å². The van der Waals surface area contributed by atoms with Gasteiger partial charge >= 0.3 is 5.97 Å². The Hall–Kier alpha value is -1.81. The normalized spacial score (nSPS) is 14.2. The van der Waals surface area contributed by atoms with E-state index >= 15 is 0 Å². The lowest BCUT2D eigenvalue weighted by molar-refractivity contribution is 0.0702. The first kappa shape index (κ1) is 13.2. The van der Waals surface area contributed by atoms with Gasteiger partial charge in [0.25, 0.3) is 0 Å². The molecule has 104 valence electrons. The summed E-state index contributed by atoms with van der Waals surface area (Å²) < 4.78 is 0. The minimum atomic E-state index is -0.830. The molecule has 0 aliphatic carbocycles. The Balaban J connectivity index is 1.87. The highest BCUT2D eigenvalue weighted by Crippen LogP contribution is 2.30. The number of para-hydroxylation sites is 1. The average Bonchev–Trinajstić information content (AvgIpc) is 2.81. The number of aryl methyl sites for hydroxylation is 2. The number of hydrogen-bond acceptors (Lipinski definition) is 3. The highest BCUT2D eigenvalue weighted by atomic mass is 32.1. The van der Waals surface area contributed by atoms with Crippen molar-refractivity contribution in [1.29, 1.82) is 0 Å². The van der Waals surface area contributed by atoms with Crippen molar-refractivity contribution in [3.63, 3.8) is 0 Å². The third-order valence-corrected chi connectivity index (χ3v) is 4.88. The van der Waals surface area contributed by atoms with Crippen molar-refractivity contribution >= 4 is 23.0 Å². The van der Waals surface area contributed by atoms with Crippen molar-refractivity contribution in [2.45, 2.75) is 26.3 Å². The lowest BCUT2D eigenvalue weighted by Gasteiger charge is -2.31. The number of rotatable bonds is 3. The molecule has 0 atom stereocenters. The quantitative estimate of drug-likeness (QED) is 0.935. The van der Waals surface area contributed by atoms with Gasteiger partial charge in [-0.05, 0) is 43.0 Å². The van der Waals surface area contributed by atoms with Gasteiger partial charge in [0.2, 0.25) is 0 Å². The van der Waals surface area contributed by atoms with E-state index in [2.05, 4.69) is 29.2 Å². The Morgan fingerprint density at radius 1 is 1.40 bits per heavy atom. The zero-order valence-corrected chi connectivity index (χ0v) is 12.2. The largest absolute Gasteiger partial charge is 0.477 e. The predicted octanol–water partition coefficient (Wildman–Crippen LogP) is 3.71. The molecule has 1 N–H and O–H groups in total. The monoisotopic (exact) mass is 287 g/mol. The van der Waals surface area contributed by atoms with Crippen LogP contribution in [0, 0.1) is 6.92 Å². The van der Waals surface area contributed by atoms with Gasteiger partial charge < -0.3 is 10.0 Å². The highest BCUT2D eigenvalue weighted by Gasteiger charge is 2.19. The highest BCUT2D eigenvalue weighted by molar-refractivity contribution is 7.14. The van der Waals surface area contributed by atoms with E-state index in [0.717, 1.165) is 36.4 Å². The molecular weight excluding hydrogens is 270 g/mol. The molecule has 0 spiro atoms. The summed E-state index contributed by atoms with van der Waals surface area (Å²) in [6.45, 7) is 3.84. The Bertz CT molecular complexity index is 648. The molecule has 0 saturated heterocycles. The van der Waals surface area contributed by atoms with Crippen molar-refractivity contribution < 1.29 is 9.90 Å². The first-order valence-corrected chi connectivity index (χ1v) is 7.62. The number of benzene rings is 1. The summed E-state index contributed by atoms with van der Waals surface area (Å²) in [6, 6.07) is 10.3. The molecule has 3 nitrogen and oxygen atoms in total. The molecule has 0 unspecified atom stereocenters. The second kappa shape index (κ2) is 5.29. The number of fused-ring (bicyclic) bond motifs is 1. The lowest BCUT2D eigenvalue weighted by Crippen LogP contribution is -2.28. The van der Waals surface area contributed by atoms with Crippen molar-refractivity contribution in [3.8, 4) is 0 Å². The van der Waals surface area contributed by atoms with E-state index in [1.165, 1.54) is 22.6 Å². The molecular formula is C16H17NO2S. The van der Waals surface area contributed by atoms with Crippen LogP contribution < -0.4 is 4.90 Å². The number of nitrogens with zero attached hydrogens (tertiary/aromatic N) is 1. The van der Waals surface area contributed by atoms with Gasteiger partial charge in [-0.2, -0.15) is 0 Å². The smallest absolute Gasteiger partial charge is 0.345 e. The van der Waals surface area contributed by atoms with Crippen LogP contribution in [0.1, 0.15) is 32.1 Å². The maximum atomic E-state index is 11.1. The van der Waals surface area contributed by atoms with Crippen molar-refractivity contribution in [1.82, 2.24) is 0 Å². The molecule has 0 radical (unpaired) electrons. The summed E-state index contributed by atoms with van der Waals surface area (Å²) in [5, 5.41) is 9.08. The molecule has 0 bridgehead atoms. The predicted molar refractivity (Wildman–Crippen MR) is 81.8 cm³/mol. The van der Waals surface area contributed by atoms with Gasteiger partial charge in [-0.15, -0.1) is 11.3 Å². The molecule has 0 fully saturated rings. The number of anilines is 1. The summed E-state index contributed by atoms with van der Waals surface area (Å²) in [5.41, 5.74) is 3.82. The topological polar surface area (TPSA) is 40.5 Å². The molecule has 1 aliphatic heterocycles. The maximum Gasteiger partial charge on any atom is 0.345 e. The third kappa shape index (κ3) is 2.43. The summed E-state index contributed by atoms with van der Waals surface area (Å²) in [6.07, 6.45) is 2.29. The molecule has 20 heavy (non-hydrogen) atoms. The van der Waals surface area contributed by atoms with Gasteiger partial charge in [0.15, 0.2) is 0 Å². The van der Waals surface area contributed by atoms with E-state index in [1.54, 1.807) is 0 Å². The molecule has 1 aliphatic rings.